The molecule has 1 aliphatic heterocycles. The van der Waals surface area contributed by atoms with Crippen LogP contribution in [0.1, 0.15) is 0 Å². The van der Waals surface area contributed by atoms with Crippen molar-refractivity contribution in [2.45, 2.75) is 11.9 Å². The van der Waals surface area contributed by atoms with Crippen LogP contribution < -0.4 is 0 Å². The molecule has 0 aromatic heterocycles. The van der Waals surface area contributed by atoms with Gasteiger partial charge in [-0.05, 0) is 12.2 Å². The summed E-state index contributed by atoms with van der Waals surface area (Å²) in [6.07, 6.45) is 4.00. The third-order valence-corrected chi connectivity index (χ3v) is 1.57. The zero-order valence-corrected chi connectivity index (χ0v) is 5.02. The smallest absolute Gasteiger partial charge is 0.290 e. The molecule has 1 fully saturated rings. The third-order valence-electron chi connectivity index (χ3n) is 1.57. The van der Waals surface area contributed by atoms with Crippen LogP contribution in [-0.4, -0.2) is 22.1 Å². The van der Waals surface area contributed by atoms with E-state index in [1.807, 2.05) is 0 Å². The van der Waals surface area contributed by atoms with Crippen LogP contribution in [0.15, 0.2) is 24.0 Å². The first-order valence-corrected chi connectivity index (χ1v) is 2.88. The third kappa shape index (κ3) is 0.507. The van der Waals surface area contributed by atoms with Gasteiger partial charge in [0.2, 0.25) is 0 Å². The fraction of sp³-hybridized carbons (Fsp3) is 0.333. The first-order valence-electron chi connectivity index (χ1n) is 2.88. The number of allylic oxidation sites excluding steroid dienone is 2. The summed E-state index contributed by atoms with van der Waals surface area (Å²) in [5, 5.41) is 18.3. The Labute approximate surface area is 56.9 Å². The molecular formula is C6H6O4. The van der Waals surface area contributed by atoms with Crippen LogP contribution in [0.4, 0.5) is 0 Å². The van der Waals surface area contributed by atoms with Crippen molar-refractivity contribution >= 4 is 0 Å². The molecule has 2 aliphatic rings. The average Bonchev–Trinajstić information content (AvgIpc) is 1.90. The molecule has 0 spiro atoms. The van der Waals surface area contributed by atoms with E-state index in [0.717, 1.165) is 0 Å². The second-order valence-electron chi connectivity index (χ2n) is 2.23. The minimum Gasteiger partial charge on any atom is -0.507 e. The van der Waals surface area contributed by atoms with Crippen molar-refractivity contribution in [1.29, 1.82) is 0 Å². The first-order chi connectivity index (χ1) is 4.73. The maximum Gasteiger partial charge on any atom is 0.290 e. The van der Waals surface area contributed by atoms with Crippen molar-refractivity contribution in [3.05, 3.63) is 24.0 Å². The maximum atomic E-state index is 9.28. The summed E-state index contributed by atoms with van der Waals surface area (Å²) in [6.45, 7) is 0. The monoisotopic (exact) mass is 142 g/mol. The van der Waals surface area contributed by atoms with Crippen LogP contribution in [-0.2, 0) is 9.78 Å². The largest absolute Gasteiger partial charge is 0.507 e. The molecule has 1 saturated heterocycles. The van der Waals surface area contributed by atoms with E-state index in [0.29, 0.717) is 0 Å². The van der Waals surface area contributed by atoms with Crippen LogP contribution in [0.2, 0.25) is 0 Å². The van der Waals surface area contributed by atoms with E-state index < -0.39 is 11.9 Å². The SMILES string of the molecule is OC1=CC=CC2OOC12O. The summed E-state index contributed by atoms with van der Waals surface area (Å²) < 4.78 is 0. The fourth-order valence-electron chi connectivity index (χ4n) is 0.913. The van der Waals surface area contributed by atoms with Gasteiger partial charge in [0.15, 0.2) is 11.9 Å². The van der Waals surface area contributed by atoms with Crippen molar-refractivity contribution in [2.24, 2.45) is 0 Å². The highest BCUT2D eigenvalue weighted by atomic mass is 17.3. The minimum atomic E-state index is -1.62. The molecule has 1 aliphatic carbocycles. The second-order valence-corrected chi connectivity index (χ2v) is 2.23. The van der Waals surface area contributed by atoms with Gasteiger partial charge < -0.3 is 10.2 Å². The zero-order valence-electron chi connectivity index (χ0n) is 5.02. The van der Waals surface area contributed by atoms with E-state index in [1.54, 1.807) is 12.2 Å². The van der Waals surface area contributed by atoms with Gasteiger partial charge in [-0.25, -0.2) is 4.89 Å². The van der Waals surface area contributed by atoms with Gasteiger partial charge in [-0.1, -0.05) is 6.08 Å². The number of aliphatic hydroxyl groups excluding tert-OH is 1. The summed E-state index contributed by atoms with van der Waals surface area (Å²) in [7, 11) is 0. The molecule has 0 bridgehead atoms. The van der Waals surface area contributed by atoms with Crippen molar-refractivity contribution < 1.29 is 20.0 Å². The summed E-state index contributed by atoms with van der Waals surface area (Å²) >= 11 is 0. The summed E-state index contributed by atoms with van der Waals surface area (Å²) in [4.78, 5) is 8.79. The van der Waals surface area contributed by atoms with Gasteiger partial charge in [0, 0.05) is 0 Å². The average molecular weight is 142 g/mol. The Balaban J connectivity index is 2.34. The highest BCUT2D eigenvalue weighted by Gasteiger charge is 2.53. The quantitative estimate of drug-likeness (QED) is 0.468. The normalized spacial score (nSPS) is 43.7. The lowest BCUT2D eigenvalue weighted by Crippen LogP contribution is -2.57. The zero-order chi connectivity index (χ0) is 7.19. The van der Waals surface area contributed by atoms with Gasteiger partial charge in [-0.2, -0.15) is 4.89 Å². The molecule has 54 valence electrons. The van der Waals surface area contributed by atoms with Crippen LogP contribution in [0, 0.1) is 0 Å². The van der Waals surface area contributed by atoms with Crippen molar-refractivity contribution in [1.82, 2.24) is 0 Å². The van der Waals surface area contributed by atoms with E-state index in [2.05, 4.69) is 9.78 Å². The molecule has 0 aromatic carbocycles. The highest BCUT2D eigenvalue weighted by Crippen LogP contribution is 2.36. The van der Waals surface area contributed by atoms with Gasteiger partial charge in [0.25, 0.3) is 5.79 Å². The Morgan fingerprint density at radius 1 is 1.60 bits per heavy atom. The van der Waals surface area contributed by atoms with E-state index in [-0.39, 0.29) is 5.76 Å². The Morgan fingerprint density at radius 3 is 2.80 bits per heavy atom. The molecule has 1 heterocycles. The summed E-state index contributed by atoms with van der Waals surface area (Å²) in [5.41, 5.74) is 0. The number of aliphatic hydroxyl groups is 2. The number of rotatable bonds is 0. The predicted molar refractivity (Wildman–Crippen MR) is 30.8 cm³/mol. The van der Waals surface area contributed by atoms with Crippen LogP contribution in [0.25, 0.3) is 0 Å². The highest BCUT2D eigenvalue weighted by molar-refractivity contribution is 5.25. The summed E-state index contributed by atoms with van der Waals surface area (Å²) in [5.74, 6) is -1.83. The lowest BCUT2D eigenvalue weighted by molar-refractivity contribution is -0.547. The van der Waals surface area contributed by atoms with Gasteiger partial charge in [-0.3, -0.25) is 0 Å². The molecule has 4 nitrogen and oxygen atoms in total. The van der Waals surface area contributed by atoms with Gasteiger partial charge in [0.1, 0.15) is 0 Å². The van der Waals surface area contributed by atoms with Crippen LogP contribution in [0.3, 0.4) is 0 Å². The molecule has 2 N–H and O–H groups in total. The van der Waals surface area contributed by atoms with E-state index in [9.17, 15) is 5.11 Å². The van der Waals surface area contributed by atoms with Gasteiger partial charge >= 0.3 is 0 Å². The summed E-state index contributed by atoms with van der Waals surface area (Å²) in [6, 6.07) is 0. The number of hydrogen-bond acceptors (Lipinski definition) is 4. The van der Waals surface area contributed by atoms with E-state index in [1.165, 1.54) is 6.08 Å². The van der Waals surface area contributed by atoms with E-state index >= 15 is 0 Å². The Kier molecular flexibility index (Phi) is 0.947. The molecule has 0 aromatic rings. The Bertz CT molecular complexity index is 220. The fourth-order valence-corrected chi connectivity index (χ4v) is 0.913. The number of hydrogen-bond donors (Lipinski definition) is 2. The molecule has 0 saturated carbocycles. The number of fused-ring (bicyclic) bond motifs is 1. The maximum absolute atomic E-state index is 9.28. The predicted octanol–water partition coefficient (Wildman–Crippen LogP) is 0.0171. The standard InChI is InChI=1S/C6H6O4/c7-4-2-1-3-5-6(4,8)10-9-5/h1-3,5,7-8H. The minimum absolute atomic E-state index is 0.216. The molecule has 2 unspecified atom stereocenters. The Morgan fingerprint density at radius 2 is 2.40 bits per heavy atom. The van der Waals surface area contributed by atoms with Crippen LogP contribution in [0.5, 0.6) is 0 Å². The van der Waals surface area contributed by atoms with Crippen molar-refractivity contribution in [3.8, 4) is 0 Å². The van der Waals surface area contributed by atoms with Gasteiger partial charge in [-0.15, -0.1) is 0 Å². The van der Waals surface area contributed by atoms with E-state index in [4.69, 9.17) is 5.11 Å². The lowest BCUT2D eigenvalue weighted by Gasteiger charge is -2.41. The molecule has 2 atom stereocenters. The second kappa shape index (κ2) is 1.60. The van der Waals surface area contributed by atoms with Crippen LogP contribution >= 0.6 is 0 Å². The van der Waals surface area contributed by atoms with Crippen molar-refractivity contribution in [2.75, 3.05) is 0 Å². The first kappa shape index (κ1) is 5.91. The lowest BCUT2D eigenvalue weighted by atomic mass is 10.0. The molecule has 0 radical (unpaired) electrons. The molecule has 0 amide bonds. The van der Waals surface area contributed by atoms with Gasteiger partial charge in [0.05, 0.1) is 0 Å². The molecule has 2 rings (SSSR count). The Hall–Kier alpha value is -0.840. The molecular weight excluding hydrogens is 136 g/mol. The molecule has 10 heavy (non-hydrogen) atoms. The van der Waals surface area contributed by atoms with Crippen molar-refractivity contribution in [3.63, 3.8) is 0 Å². The topological polar surface area (TPSA) is 58.9 Å². The molecule has 4 heteroatoms.